The van der Waals surface area contributed by atoms with Gasteiger partial charge in [0, 0.05) is 24.2 Å². The number of imidazole rings is 1. The van der Waals surface area contributed by atoms with Crippen molar-refractivity contribution in [3.63, 3.8) is 0 Å². The number of nitrogens with zero attached hydrogens (tertiary/aromatic N) is 2. The summed E-state index contributed by atoms with van der Waals surface area (Å²) in [6.45, 7) is 3.47. The molecular weight excluding hydrogens is 234 g/mol. The first-order valence-electron chi connectivity index (χ1n) is 5.66. The van der Waals surface area contributed by atoms with Gasteiger partial charge in [-0.15, -0.1) is 0 Å². The summed E-state index contributed by atoms with van der Waals surface area (Å²) in [5.41, 5.74) is 7.80. The predicted molar refractivity (Wildman–Crippen MR) is 70.3 cm³/mol. The van der Waals surface area contributed by atoms with E-state index >= 15 is 0 Å². The van der Waals surface area contributed by atoms with E-state index in [1.165, 1.54) is 5.56 Å². The van der Waals surface area contributed by atoms with Crippen LogP contribution in [0.25, 0.3) is 0 Å². The van der Waals surface area contributed by atoms with Gasteiger partial charge in [0.05, 0.1) is 5.69 Å². The lowest BCUT2D eigenvalue weighted by Gasteiger charge is -2.04. The number of aryl methyl sites for hydroxylation is 1. The van der Waals surface area contributed by atoms with Crippen LogP contribution in [0.5, 0.6) is 0 Å². The Bertz CT molecular complexity index is 488. The third-order valence-electron chi connectivity index (χ3n) is 2.69. The molecule has 2 aromatic rings. The number of benzene rings is 1. The molecule has 0 fully saturated rings. The van der Waals surface area contributed by atoms with Crippen molar-refractivity contribution in [1.82, 2.24) is 9.55 Å². The molecule has 2 N–H and O–H groups in total. The minimum absolute atomic E-state index is 0.636. The fourth-order valence-corrected chi connectivity index (χ4v) is 1.92. The van der Waals surface area contributed by atoms with Crippen molar-refractivity contribution in [2.24, 2.45) is 5.73 Å². The molecular formula is C13H16ClN3. The second-order valence-corrected chi connectivity index (χ2v) is 4.51. The Kier molecular flexibility index (Phi) is 3.82. The molecule has 0 atom stereocenters. The van der Waals surface area contributed by atoms with Crippen molar-refractivity contribution in [1.29, 1.82) is 0 Å². The molecule has 1 aromatic heterocycles. The van der Waals surface area contributed by atoms with E-state index in [4.69, 9.17) is 17.3 Å². The number of rotatable bonds is 4. The monoisotopic (exact) mass is 249 g/mol. The first-order valence-corrected chi connectivity index (χ1v) is 6.04. The first kappa shape index (κ1) is 12.1. The molecule has 0 aliphatic heterocycles. The Morgan fingerprint density at radius 1 is 1.29 bits per heavy atom. The topological polar surface area (TPSA) is 43.8 Å². The fourth-order valence-electron chi connectivity index (χ4n) is 1.79. The van der Waals surface area contributed by atoms with Crippen LogP contribution >= 0.6 is 11.6 Å². The van der Waals surface area contributed by atoms with Gasteiger partial charge >= 0.3 is 0 Å². The molecule has 0 saturated heterocycles. The van der Waals surface area contributed by atoms with E-state index in [1.54, 1.807) is 0 Å². The zero-order valence-electron chi connectivity index (χ0n) is 9.86. The molecule has 1 aromatic carbocycles. The molecule has 0 amide bonds. The van der Waals surface area contributed by atoms with Crippen LogP contribution in [-0.4, -0.2) is 16.1 Å². The van der Waals surface area contributed by atoms with Gasteiger partial charge in [-0.25, -0.2) is 4.98 Å². The standard InChI is InChI=1S/C13H16ClN3/c1-10-16-13(6-7-15)9-17(10)8-11-2-4-12(14)5-3-11/h2-5,9H,6-8,15H2,1H3. The minimum atomic E-state index is 0.636. The third kappa shape index (κ3) is 3.08. The van der Waals surface area contributed by atoms with E-state index in [1.807, 2.05) is 31.2 Å². The van der Waals surface area contributed by atoms with E-state index in [-0.39, 0.29) is 0 Å². The molecule has 0 aliphatic carbocycles. The van der Waals surface area contributed by atoms with Gasteiger partial charge in [-0.05, 0) is 31.2 Å². The summed E-state index contributed by atoms with van der Waals surface area (Å²) in [6, 6.07) is 7.88. The summed E-state index contributed by atoms with van der Waals surface area (Å²) in [7, 11) is 0. The Morgan fingerprint density at radius 3 is 2.65 bits per heavy atom. The maximum absolute atomic E-state index is 5.86. The highest BCUT2D eigenvalue weighted by Crippen LogP contribution is 2.12. The Morgan fingerprint density at radius 2 is 2.00 bits per heavy atom. The lowest BCUT2D eigenvalue weighted by molar-refractivity contribution is 0.761. The van der Waals surface area contributed by atoms with Crippen molar-refractivity contribution in [3.8, 4) is 0 Å². The Hall–Kier alpha value is -1.32. The second-order valence-electron chi connectivity index (χ2n) is 4.07. The molecule has 0 spiro atoms. The molecule has 1 heterocycles. The van der Waals surface area contributed by atoms with Gasteiger partial charge < -0.3 is 10.3 Å². The zero-order chi connectivity index (χ0) is 12.3. The number of nitrogens with two attached hydrogens (primary N) is 1. The van der Waals surface area contributed by atoms with Crippen LogP contribution in [0.15, 0.2) is 30.5 Å². The van der Waals surface area contributed by atoms with Crippen molar-refractivity contribution in [3.05, 3.63) is 52.6 Å². The van der Waals surface area contributed by atoms with E-state index < -0.39 is 0 Å². The average Bonchev–Trinajstić information content (AvgIpc) is 2.63. The van der Waals surface area contributed by atoms with Crippen LogP contribution in [0.1, 0.15) is 17.1 Å². The summed E-state index contributed by atoms with van der Waals surface area (Å²) in [4.78, 5) is 4.47. The quantitative estimate of drug-likeness (QED) is 0.904. The number of halogens is 1. The summed E-state index contributed by atoms with van der Waals surface area (Å²) >= 11 is 5.86. The summed E-state index contributed by atoms with van der Waals surface area (Å²) < 4.78 is 2.13. The molecule has 0 bridgehead atoms. The average molecular weight is 250 g/mol. The smallest absolute Gasteiger partial charge is 0.106 e. The number of aromatic nitrogens is 2. The van der Waals surface area contributed by atoms with Crippen molar-refractivity contribution >= 4 is 11.6 Å². The third-order valence-corrected chi connectivity index (χ3v) is 2.94. The SMILES string of the molecule is Cc1nc(CCN)cn1Cc1ccc(Cl)cc1. The minimum Gasteiger partial charge on any atom is -0.330 e. The second kappa shape index (κ2) is 5.34. The molecule has 17 heavy (non-hydrogen) atoms. The largest absolute Gasteiger partial charge is 0.330 e. The number of hydrogen-bond donors (Lipinski definition) is 1. The van der Waals surface area contributed by atoms with Gasteiger partial charge in [0.25, 0.3) is 0 Å². The highest BCUT2D eigenvalue weighted by atomic mass is 35.5. The zero-order valence-corrected chi connectivity index (χ0v) is 10.6. The summed E-state index contributed by atoms with van der Waals surface area (Å²) in [5, 5.41) is 0.764. The maximum atomic E-state index is 5.86. The van der Waals surface area contributed by atoms with Gasteiger partial charge in [0.1, 0.15) is 5.82 Å². The van der Waals surface area contributed by atoms with E-state index in [0.29, 0.717) is 6.54 Å². The van der Waals surface area contributed by atoms with Gasteiger partial charge in [-0.1, -0.05) is 23.7 Å². The lowest BCUT2D eigenvalue weighted by atomic mass is 10.2. The van der Waals surface area contributed by atoms with Crippen molar-refractivity contribution < 1.29 is 0 Å². The molecule has 0 aliphatic rings. The van der Waals surface area contributed by atoms with Gasteiger partial charge in [0.15, 0.2) is 0 Å². The fraction of sp³-hybridized carbons (Fsp3) is 0.308. The predicted octanol–water partition coefficient (Wildman–Crippen LogP) is 2.39. The van der Waals surface area contributed by atoms with Crippen LogP contribution in [0, 0.1) is 6.92 Å². The van der Waals surface area contributed by atoms with Crippen LogP contribution in [-0.2, 0) is 13.0 Å². The Balaban J connectivity index is 2.15. The van der Waals surface area contributed by atoms with Crippen LogP contribution in [0.3, 0.4) is 0 Å². The molecule has 2 rings (SSSR count). The van der Waals surface area contributed by atoms with Crippen molar-refractivity contribution in [2.75, 3.05) is 6.54 Å². The summed E-state index contributed by atoms with van der Waals surface area (Å²) in [5.74, 6) is 1.02. The molecule has 0 unspecified atom stereocenters. The Labute approximate surface area is 106 Å². The van der Waals surface area contributed by atoms with E-state index in [2.05, 4.69) is 15.7 Å². The molecule has 0 radical (unpaired) electrons. The van der Waals surface area contributed by atoms with Gasteiger partial charge in [-0.2, -0.15) is 0 Å². The first-order chi connectivity index (χ1) is 8.19. The van der Waals surface area contributed by atoms with E-state index in [9.17, 15) is 0 Å². The lowest BCUT2D eigenvalue weighted by Crippen LogP contribution is -2.02. The van der Waals surface area contributed by atoms with Crippen LogP contribution < -0.4 is 5.73 Å². The molecule has 3 nitrogen and oxygen atoms in total. The molecule has 0 saturated carbocycles. The van der Waals surface area contributed by atoms with Gasteiger partial charge in [0.2, 0.25) is 0 Å². The van der Waals surface area contributed by atoms with Crippen molar-refractivity contribution in [2.45, 2.75) is 19.9 Å². The normalized spacial score (nSPS) is 10.8. The molecule has 4 heteroatoms. The molecule has 90 valence electrons. The van der Waals surface area contributed by atoms with Crippen LogP contribution in [0.4, 0.5) is 0 Å². The highest BCUT2D eigenvalue weighted by Gasteiger charge is 2.04. The van der Waals surface area contributed by atoms with Crippen LogP contribution in [0.2, 0.25) is 5.02 Å². The maximum Gasteiger partial charge on any atom is 0.106 e. The van der Waals surface area contributed by atoms with E-state index in [0.717, 1.165) is 29.5 Å². The van der Waals surface area contributed by atoms with Gasteiger partial charge in [-0.3, -0.25) is 0 Å². The highest BCUT2D eigenvalue weighted by molar-refractivity contribution is 6.30. The summed E-state index contributed by atoms with van der Waals surface area (Å²) in [6.07, 6.45) is 2.89. The number of hydrogen-bond acceptors (Lipinski definition) is 2.